The Kier molecular flexibility index (Phi) is 4.20. The summed E-state index contributed by atoms with van der Waals surface area (Å²) in [6.07, 6.45) is 4.67. The average Bonchev–Trinajstić information content (AvgIpc) is 2.89. The van der Waals surface area contributed by atoms with E-state index in [0.29, 0.717) is 6.04 Å². The van der Waals surface area contributed by atoms with Gasteiger partial charge in [-0.3, -0.25) is 4.79 Å². The van der Waals surface area contributed by atoms with Gasteiger partial charge in [0.15, 0.2) is 0 Å². The zero-order valence-corrected chi connectivity index (χ0v) is 10.5. The Hall–Kier alpha value is -1.55. The number of carbonyl (C=O) groups excluding carboxylic acids is 1. The lowest BCUT2D eigenvalue weighted by Gasteiger charge is -2.30. The summed E-state index contributed by atoms with van der Waals surface area (Å²) in [6.45, 7) is 0.308. The van der Waals surface area contributed by atoms with Gasteiger partial charge in [-0.1, -0.05) is 25.0 Å². The van der Waals surface area contributed by atoms with Crippen LogP contribution in [0.25, 0.3) is 0 Å². The van der Waals surface area contributed by atoms with Gasteiger partial charge < -0.3 is 15.7 Å². The van der Waals surface area contributed by atoms with Crippen molar-refractivity contribution in [3.63, 3.8) is 0 Å². The summed E-state index contributed by atoms with van der Waals surface area (Å²) in [5.74, 6) is -0.298. The average molecular weight is 248 g/mol. The zero-order valence-electron chi connectivity index (χ0n) is 10.5. The third-order valence-electron chi connectivity index (χ3n) is 3.54. The van der Waals surface area contributed by atoms with Gasteiger partial charge in [0.25, 0.3) is 0 Å². The first-order valence-electron chi connectivity index (χ1n) is 6.45. The fraction of sp³-hybridized carbons (Fsp3) is 0.500. The fourth-order valence-electron chi connectivity index (χ4n) is 2.61. The molecule has 18 heavy (non-hydrogen) atoms. The van der Waals surface area contributed by atoms with Gasteiger partial charge in [-0.05, 0) is 30.5 Å². The van der Waals surface area contributed by atoms with E-state index < -0.39 is 0 Å². The first-order chi connectivity index (χ1) is 8.70. The second kappa shape index (κ2) is 5.87. The molecule has 0 saturated heterocycles. The molecule has 0 unspecified atom stereocenters. The van der Waals surface area contributed by atoms with Crippen molar-refractivity contribution < 1.29 is 9.90 Å². The third kappa shape index (κ3) is 3.01. The van der Waals surface area contributed by atoms with E-state index in [9.17, 15) is 4.79 Å². The number of aliphatic hydroxyl groups excluding tert-OH is 1. The van der Waals surface area contributed by atoms with Gasteiger partial charge in [0.2, 0.25) is 5.91 Å². The number of nitrogens with two attached hydrogens (primary N) is 1. The molecule has 1 aromatic carbocycles. The highest BCUT2D eigenvalue weighted by Gasteiger charge is 2.23. The fourth-order valence-corrected chi connectivity index (χ4v) is 2.61. The molecule has 0 spiro atoms. The van der Waals surface area contributed by atoms with Crippen LogP contribution in [0.5, 0.6) is 0 Å². The molecule has 0 aliphatic heterocycles. The predicted octanol–water partition coefficient (Wildman–Crippen LogP) is 1.41. The molecular weight excluding hydrogens is 228 g/mol. The number of hydrogen-bond donors (Lipinski definition) is 2. The Labute approximate surface area is 107 Å². The molecule has 4 heteroatoms. The van der Waals surface area contributed by atoms with E-state index in [1.54, 1.807) is 0 Å². The number of anilines is 1. The summed E-state index contributed by atoms with van der Waals surface area (Å²) in [5, 5.41) is 9.04. The highest BCUT2D eigenvalue weighted by molar-refractivity contribution is 5.79. The van der Waals surface area contributed by atoms with Crippen LogP contribution in [0.3, 0.4) is 0 Å². The van der Waals surface area contributed by atoms with Crippen molar-refractivity contribution in [3.05, 3.63) is 29.8 Å². The van der Waals surface area contributed by atoms with E-state index in [2.05, 4.69) is 4.90 Å². The Morgan fingerprint density at radius 1 is 1.28 bits per heavy atom. The van der Waals surface area contributed by atoms with Crippen molar-refractivity contribution in [2.24, 2.45) is 5.73 Å². The van der Waals surface area contributed by atoms with E-state index in [1.807, 2.05) is 24.3 Å². The standard InChI is InChI=1S/C14H20N2O2/c15-14(18)9-16(12-3-1-2-4-12)13-7-5-11(10-17)6-8-13/h5-8,12,17H,1-4,9-10H2,(H2,15,18). The van der Waals surface area contributed by atoms with Crippen molar-refractivity contribution in [2.75, 3.05) is 11.4 Å². The molecule has 1 aromatic rings. The maximum absolute atomic E-state index is 11.2. The van der Waals surface area contributed by atoms with Crippen LogP contribution in [-0.2, 0) is 11.4 Å². The minimum Gasteiger partial charge on any atom is -0.392 e. The molecule has 98 valence electrons. The lowest BCUT2D eigenvalue weighted by molar-refractivity contribution is -0.116. The van der Waals surface area contributed by atoms with Crippen LogP contribution in [-0.4, -0.2) is 23.6 Å². The Morgan fingerprint density at radius 2 is 1.89 bits per heavy atom. The quantitative estimate of drug-likeness (QED) is 0.828. The highest BCUT2D eigenvalue weighted by atomic mass is 16.3. The van der Waals surface area contributed by atoms with Crippen molar-refractivity contribution >= 4 is 11.6 Å². The largest absolute Gasteiger partial charge is 0.392 e. The smallest absolute Gasteiger partial charge is 0.236 e. The van der Waals surface area contributed by atoms with E-state index in [1.165, 1.54) is 12.8 Å². The number of benzene rings is 1. The number of amides is 1. The second-order valence-corrected chi connectivity index (χ2v) is 4.86. The van der Waals surface area contributed by atoms with Gasteiger partial charge in [0.1, 0.15) is 0 Å². The maximum Gasteiger partial charge on any atom is 0.236 e. The van der Waals surface area contributed by atoms with Gasteiger partial charge in [-0.15, -0.1) is 0 Å². The van der Waals surface area contributed by atoms with Crippen molar-refractivity contribution in [2.45, 2.75) is 38.3 Å². The minimum atomic E-state index is -0.298. The lowest BCUT2D eigenvalue weighted by atomic mass is 10.1. The van der Waals surface area contributed by atoms with Gasteiger partial charge in [0.05, 0.1) is 13.2 Å². The molecule has 4 nitrogen and oxygen atoms in total. The summed E-state index contributed by atoms with van der Waals surface area (Å²) in [4.78, 5) is 13.3. The number of hydrogen-bond acceptors (Lipinski definition) is 3. The molecule has 1 aliphatic rings. The van der Waals surface area contributed by atoms with Crippen LogP contribution in [0.1, 0.15) is 31.2 Å². The van der Waals surface area contributed by atoms with Crippen molar-refractivity contribution in [3.8, 4) is 0 Å². The second-order valence-electron chi connectivity index (χ2n) is 4.86. The number of carbonyl (C=O) groups is 1. The molecule has 2 rings (SSSR count). The summed E-state index contributed by atoms with van der Waals surface area (Å²) in [7, 11) is 0. The van der Waals surface area contributed by atoms with Gasteiger partial charge >= 0.3 is 0 Å². The first-order valence-corrected chi connectivity index (χ1v) is 6.45. The van der Waals surface area contributed by atoms with E-state index in [-0.39, 0.29) is 19.1 Å². The van der Waals surface area contributed by atoms with E-state index in [0.717, 1.165) is 24.1 Å². The number of primary amides is 1. The molecule has 1 fully saturated rings. The van der Waals surface area contributed by atoms with Crippen LogP contribution in [0, 0.1) is 0 Å². The Morgan fingerprint density at radius 3 is 2.39 bits per heavy atom. The minimum absolute atomic E-state index is 0.0412. The van der Waals surface area contributed by atoms with Crippen molar-refractivity contribution in [1.82, 2.24) is 0 Å². The summed E-state index contributed by atoms with van der Waals surface area (Å²) >= 11 is 0. The molecule has 0 heterocycles. The van der Waals surface area contributed by atoms with E-state index in [4.69, 9.17) is 10.8 Å². The monoisotopic (exact) mass is 248 g/mol. The normalized spacial score (nSPS) is 15.8. The molecule has 0 radical (unpaired) electrons. The first kappa shape index (κ1) is 12.9. The molecule has 1 aliphatic carbocycles. The number of nitrogens with zero attached hydrogens (tertiary/aromatic N) is 1. The topological polar surface area (TPSA) is 66.6 Å². The summed E-state index contributed by atoms with van der Waals surface area (Å²) in [5.41, 5.74) is 7.22. The van der Waals surface area contributed by atoms with E-state index >= 15 is 0 Å². The van der Waals surface area contributed by atoms with Crippen LogP contribution < -0.4 is 10.6 Å². The molecule has 3 N–H and O–H groups in total. The Balaban J connectivity index is 2.17. The zero-order chi connectivity index (χ0) is 13.0. The predicted molar refractivity (Wildman–Crippen MR) is 71.2 cm³/mol. The lowest BCUT2D eigenvalue weighted by Crippen LogP contribution is -2.40. The SMILES string of the molecule is NC(=O)CN(c1ccc(CO)cc1)C1CCCC1. The third-order valence-corrected chi connectivity index (χ3v) is 3.54. The molecule has 0 aromatic heterocycles. The highest BCUT2D eigenvalue weighted by Crippen LogP contribution is 2.28. The van der Waals surface area contributed by atoms with Crippen LogP contribution in [0.4, 0.5) is 5.69 Å². The van der Waals surface area contributed by atoms with Gasteiger partial charge in [0, 0.05) is 11.7 Å². The molecule has 0 atom stereocenters. The van der Waals surface area contributed by atoms with Crippen LogP contribution in [0.15, 0.2) is 24.3 Å². The number of rotatable bonds is 5. The summed E-state index contributed by atoms with van der Waals surface area (Å²) < 4.78 is 0. The van der Waals surface area contributed by atoms with Crippen molar-refractivity contribution in [1.29, 1.82) is 0 Å². The van der Waals surface area contributed by atoms with Crippen LogP contribution in [0.2, 0.25) is 0 Å². The maximum atomic E-state index is 11.2. The summed E-state index contributed by atoms with van der Waals surface area (Å²) in [6, 6.07) is 8.09. The van der Waals surface area contributed by atoms with Crippen LogP contribution >= 0.6 is 0 Å². The molecule has 0 bridgehead atoms. The molecule has 1 amide bonds. The number of aliphatic hydroxyl groups is 1. The molecule has 1 saturated carbocycles. The van der Waals surface area contributed by atoms with Gasteiger partial charge in [-0.25, -0.2) is 0 Å². The Bertz CT molecular complexity index is 397. The molecular formula is C14H20N2O2. The van der Waals surface area contributed by atoms with Gasteiger partial charge in [-0.2, -0.15) is 0 Å².